The van der Waals surface area contributed by atoms with Crippen molar-refractivity contribution in [1.29, 1.82) is 0 Å². The van der Waals surface area contributed by atoms with Gasteiger partial charge >= 0.3 is 0 Å². The van der Waals surface area contributed by atoms with Gasteiger partial charge in [-0.25, -0.2) is 9.97 Å². The van der Waals surface area contributed by atoms with Crippen molar-refractivity contribution < 1.29 is 4.79 Å². The van der Waals surface area contributed by atoms with Gasteiger partial charge in [0.05, 0.1) is 11.9 Å². The molecule has 1 aliphatic heterocycles. The van der Waals surface area contributed by atoms with Crippen molar-refractivity contribution in [3.8, 4) is 0 Å². The van der Waals surface area contributed by atoms with E-state index in [1.54, 1.807) is 12.5 Å². The Morgan fingerprint density at radius 2 is 2.26 bits per heavy atom. The summed E-state index contributed by atoms with van der Waals surface area (Å²) in [5.41, 5.74) is 2.16. The van der Waals surface area contributed by atoms with Crippen molar-refractivity contribution in [2.75, 3.05) is 20.1 Å². The smallest absolute Gasteiger partial charge is 0.252 e. The van der Waals surface area contributed by atoms with E-state index in [9.17, 15) is 4.79 Å². The van der Waals surface area contributed by atoms with Crippen molar-refractivity contribution in [3.05, 3.63) is 24.2 Å². The van der Waals surface area contributed by atoms with Crippen LogP contribution in [-0.2, 0) is 0 Å². The van der Waals surface area contributed by atoms with Crippen LogP contribution in [0.4, 0.5) is 0 Å². The molecule has 124 valence electrons. The number of aromatic nitrogens is 3. The van der Waals surface area contributed by atoms with E-state index in [0.29, 0.717) is 24.2 Å². The number of fused-ring (bicyclic) bond motifs is 1. The van der Waals surface area contributed by atoms with Crippen LogP contribution in [0.5, 0.6) is 0 Å². The van der Waals surface area contributed by atoms with Crippen molar-refractivity contribution in [2.45, 2.75) is 45.2 Å². The average Bonchev–Trinajstić information content (AvgIpc) is 3.13. The van der Waals surface area contributed by atoms with Gasteiger partial charge < -0.3 is 14.8 Å². The van der Waals surface area contributed by atoms with Crippen LogP contribution in [0, 0.1) is 0 Å². The number of carbonyl (C=O) groups excluding carboxylic acids is 1. The Bertz CT molecular complexity index is 693. The Morgan fingerprint density at radius 1 is 1.43 bits per heavy atom. The zero-order valence-corrected chi connectivity index (χ0v) is 14.1. The summed E-state index contributed by atoms with van der Waals surface area (Å²) >= 11 is 0. The molecule has 2 aromatic rings. The minimum absolute atomic E-state index is 0.0702. The summed E-state index contributed by atoms with van der Waals surface area (Å²) in [4.78, 5) is 23.4. The Morgan fingerprint density at radius 3 is 2.96 bits per heavy atom. The first-order chi connectivity index (χ1) is 11.1. The van der Waals surface area contributed by atoms with E-state index in [1.807, 2.05) is 10.6 Å². The Hall–Kier alpha value is -1.95. The number of nitrogens with zero attached hydrogens (tertiary/aromatic N) is 4. The van der Waals surface area contributed by atoms with Crippen LogP contribution in [0.3, 0.4) is 0 Å². The second-order valence-electron chi connectivity index (χ2n) is 6.63. The average molecular weight is 315 g/mol. The predicted molar refractivity (Wildman–Crippen MR) is 90.5 cm³/mol. The summed E-state index contributed by atoms with van der Waals surface area (Å²) < 4.78 is 2.01. The number of amides is 1. The summed E-state index contributed by atoms with van der Waals surface area (Å²) in [5.74, 6) is -0.0702. The highest BCUT2D eigenvalue weighted by atomic mass is 16.1. The molecule has 3 heterocycles. The van der Waals surface area contributed by atoms with Gasteiger partial charge in [-0.05, 0) is 52.8 Å². The van der Waals surface area contributed by atoms with Crippen LogP contribution in [0.1, 0.15) is 49.5 Å². The highest BCUT2D eigenvalue weighted by molar-refractivity contribution is 5.96. The van der Waals surface area contributed by atoms with E-state index in [2.05, 4.69) is 41.1 Å². The molecular weight excluding hydrogens is 290 g/mol. The molecule has 0 spiro atoms. The summed E-state index contributed by atoms with van der Waals surface area (Å²) in [6.07, 6.45) is 6.90. The minimum atomic E-state index is -0.0702. The van der Waals surface area contributed by atoms with Crippen molar-refractivity contribution in [1.82, 2.24) is 24.8 Å². The molecule has 1 amide bonds. The quantitative estimate of drug-likeness (QED) is 0.919. The van der Waals surface area contributed by atoms with Crippen molar-refractivity contribution in [2.24, 2.45) is 0 Å². The minimum Gasteiger partial charge on any atom is -0.352 e. The SMILES string of the molecule is CC(C)n1cnc2cc(C(=O)NCCC3CCCN3C)cnc21. The fourth-order valence-electron chi connectivity index (χ4n) is 3.22. The maximum absolute atomic E-state index is 12.3. The van der Waals surface area contributed by atoms with Gasteiger partial charge in [-0.3, -0.25) is 4.79 Å². The molecule has 1 fully saturated rings. The van der Waals surface area contributed by atoms with Crippen molar-refractivity contribution >= 4 is 17.1 Å². The van der Waals surface area contributed by atoms with Gasteiger partial charge in [0.2, 0.25) is 0 Å². The summed E-state index contributed by atoms with van der Waals surface area (Å²) in [5, 5.41) is 3.00. The van der Waals surface area contributed by atoms with Gasteiger partial charge in [0.1, 0.15) is 5.52 Å². The number of carbonyl (C=O) groups is 1. The van der Waals surface area contributed by atoms with E-state index in [4.69, 9.17) is 0 Å². The third-order valence-electron chi connectivity index (χ3n) is 4.67. The van der Waals surface area contributed by atoms with E-state index in [0.717, 1.165) is 24.1 Å². The first-order valence-electron chi connectivity index (χ1n) is 8.37. The molecule has 6 heteroatoms. The second kappa shape index (κ2) is 6.66. The van der Waals surface area contributed by atoms with Gasteiger partial charge in [0.15, 0.2) is 5.65 Å². The van der Waals surface area contributed by atoms with Gasteiger partial charge in [-0.15, -0.1) is 0 Å². The summed E-state index contributed by atoms with van der Waals surface area (Å²) in [7, 11) is 2.16. The lowest BCUT2D eigenvalue weighted by atomic mass is 10.1. The molecule has 1 atom stereocenters. The second-order valence-corrected chi connectivity index (χ2v) is 6.63. The first kappa shape index (κ1) is 15.9. The number of likely N-dealkylation sites (tertiary alicyclic amines) is 1. The number of pyridine rings is 1. The van der Waals surface area contributed by atoms with Crippen molar-refractivity contribution in [3.63, 3.8) is 0 Å². The Balaban J connectivity index is 1.62. The first-order valence-corrected chi connectivity index (χ1v) is 8.37. The molecule has 3 rings (SSSR count). The molecule has 1 saturated heterocycles. The van der Waals surface area contributed by atoms with E-state index < -0.39 is 0 Å². The number of nitrogens with one attached hydrogen (secondary N) is 1. The standard InChI is InChI=1S/C17H25N5O/c1-12(2)22-11-20-15-9-13(10-19-16(15)22)17(23)18-7-6-14-5-4-8-21(14)3/h9-12,14H,4-8H2,1-3H3,(H,18,23). The van der Waals surface area contributed by atoms with Gasteiger partial charge in [-0.1, -0.05) is 0 Å². The summed E-state index contributed by atoms with van der Waals surface area (Å²) in [6.45, 7) is 6.04. The Kier molecular flexibility index (Phi) is 4.61. The van der Waals surface area contributed by atoms with Crippen LogP contribution >= 0.6 is 0 Å². The zero-order chi connectivity index (χ0) is 16.4. The molecule has 1 aliphatic rings. The fourth-order valence-corrected chi connectivity index (χ4v) is 3.22. The van der Waals surface area contributed by atoms with E-state index in [1.165, 1.54) is 12.8 Å². The van der Waals surface area contributed by atoms with Crippen LogP contribution < -0.4 is 5.32 Å². The molecule has 6 nitrogen and oxygen atoms in total. The van der Waals surface area contributed by atoms with Crippen LogP contribution in [0.2, 0.25) is 0 Å². The maximum Gasteiger partial charge on any atom is 0.252 e. The molecule has 1 N–H and O–H groups in total. The fraction of sp³-hybridized carbons (Fsp3) is 0.588. The molecule has 0 aromatic carbocycles. The molecule has 2 aromatic heterocycles. The molecule has 0 bridgehead atoms. The largest absolute Gasteiger partial charge is 0.352 e. The number of hydrogen-bond donors (Lipinski definition) is 1. The topological polar surface area (TPSA) is 63.1 Å². The van der Waals surface area contributed by atoms with Crippen LogP contribution in [0.15, 0.2) is 18.6 Å². The number of rotatable bonds is 5. The number of hydrogen-bond acceptors (Lipinski definition) is 4. The lowest BCUT2D eigenvalue weighted by molar-refractivity contribution is 0.0950. The molecule has 0 radical (unpaired) electrons. The number of imidazole rings is 1. The van der Waals surface area contributed by atoms with E-state index >= 15 is 0 Å². The maximum atomic E-state index is 12.3. The highest BCUT2D eigenvalue weighted by Crippen LogP contribution is 2.18. The molecular formula is C17H25N5O. The monoisotopic (exact) mass is 315 g/mol. The predicted octanol–water partition coefficient (Wildman–Crippen LogP) is 2.23. The highest BCUT2D eigenvalue weighted by Gasteiger charge is 2.20. The lowest BCUT2D eigenvalue weighted by Crippen LogP contribution is -2.31. The van der Waals surface area contributed by atoms with Crippen LogP contribution in [-0.4, -0.2) is 51.5 Å². The van der Waals surface area contributed by atoms with E-state index in [-0.39, 0.29) is 5.91 Å². The third-order valence-corrected chi connectivity index (χ3v) is 4.67. The third kappa shape index (κ3) is 3.37. The molecule has 0 saturated carbocycles. The molecule has 0 aliphatic carbocycles. The van der Waals surface area contributed by atoms with Gasteiger partial charge in [0.25, 0.3) is 5.91 Å². The van der Waals surface area contributed by atoms with Gasteiger partial charge in [0, 0.05) is 24.8 Å². The van der Waals surface area contributed by atoms with Gasteiger partial charge in [-0.2, -0.15) is 0 Å². The normalized spacial score (nSPS) is 18.9. The lowest BCUT2D eigenvalue weighted by Gasteiger charge is -2.19. The zero-order valence-electron chi connectivity index (χ0n) is 14.1. The molecule has 23 heavy (non-hydrogen) atoms. The molecule has 1 unspecified atom stereocenters. The summed E-state index contributed by atoms with van der Waals surface area (Å²) in [6, 6.07) is 2.71. The van der Waals surface area contributed by atoms with Crippen LogP contribution in [0.25, 0.3) is 11.2 Å². The Labute approximate surface area is 136 Å².